The van der Waals surface area contributed by atoms with Crippen LogP contribution < -0.4 is 15.1 Å². The van der Waals surface area contributed by atoms with E-state index in [2.05, 4.69) is 48.5 Å². The molecule has 0 unspecified atom stereocenters. The van der Waals surface area contributed by atoms with Crippen molar-refractivity contribution in [2.24, 2.45) is 0 Å². The van der Waals surface area contributed by atoms with E-state index in [4.69, 9.17) is 146 Å². The van der Waals surface area contributed by atoms with Gasteiger partial charge in [-0.1, -0.05) is 121 Å². The van der Waals surface area contributed by atoms with Crippen molar-refractivity contribution in [2.75, 3.05) is 153 Å². The molecule has 0 N–H and O–H groups in total. The molecule has 22 saturated heterocycles. The van der Waals surface area contributed by atoms with E-state index in [1.54, 1.807) is 49.8 Å². The summed E-state index contributed by atoms with van der Waals surface area (Å²) in [6, 6.07) is 44.8. The molecular weight excluding hydrogens is 1570 g/mol. The first-order chi connectivity index (χ1) is 57.3. The van der Waals surface area contributed by atoms with Crippen LogP contribution in [-0.4, -0.2) is 337 Å². The lowest BCUT2D eigenvalue weighted by molar-refractivity contribution is -0.408. The van der Waals surface area contributed by atoms with Gasteiger partial charge in [-0.05, 0) is 52.2 Å². The first-order valence-electron chi connectivity index (χ1n) is 39.2. The second-order valence-electron chi connectivity index (χ2n) is 29.4. The lowest BCUT2D eigenvalue weighted by atomic mass is 9.94. The molecule has 0 amide bonds. The van der Waals surface area contributed by atoms with Crippen molar-refractivity contribution >= 4 is 70.3 Å². The molecule has 22 aliphatic heterocycles. The fraction of sp³-hybridized carbons (Fsp3) is 0.619. The predicted octanol–water partition coefficient (Wildman–Crippen LogP) is 7.60. The summed E-state index contributed by atoms with van der Waals surface area (Å²) < 4.78 is 210. The van der Waals surface area contributed by atoms with Gasteiger partial charge in [-0.2, -0.15) is 0 Å². The molecule has 29 rings (SSSR count). The largest absolute Gasteiger partial charge is 0.399 e. The molecule has 0 aliphatic carbocycles. The summed E-state index contributed by atoms with van der Waals surface area (Å²) in [4.78, 5) is 0. The molecule has 12 bridgehead atoms. The third kappa shape index (κ3) is 18.4. The molecule has 30 atom stereocenters. The van der Waals surface area contributed by atoms with Crippen molar-refractivity contribution in [3.63, 3.8) is 0 Å². The summed E-state index contributed by atoms with van der Waals surface area (Å²) in [5.74, 6) is 0. The summed E-state index contributed by atoms with van der Waals surface area (Å²) in [5.41, 5.74) is 1.08. The monoisotopic (exact) mass is 1680 g/mol. The Kier molecular flexibility index (Phi) is 31.3. The van der Waals surface area contributed by atoms with Crippen LogP contribution in [0, 0.1) is 0 Å². The summed E-state index contributed by atoms with van der Waals surface area (Å²) in [7, 11) is 21.0. The first kappa shape index (κ1) is 88.3. The van der Waals surface area contributed by atoms with Gasteiger partial charge in [0.1, 0.15) is 152 Å². The second-order valence-corrected chi connectivity index (χ2v) is 32.7. The fourth-order valence-electron chi connectivity index (χ4n) is 17.7. The quantitative estimate of drug-likeness (QED) is 0.0448. The zero-order chi connectivity index (χ0) is 82.0. The smallest absolute Gasteiger partial charge is 0.387 e. The van der Waals surface area contributed by atoms with Gasteiger partial charge >= 0.3 is 8.24 Å². The minimum Gasteiger partial charge on any atom is -0.399 e. The van der Waals surface area contributed by atoms with Gasteiger partial charge in [-0.25, -0.2) is 0 Å². The van der Waals surface area contributed by atoms with Crippen LogP contribution in [0.1, 0.15) is 0 Å². The Morgan fingerprint density at radius 3 is 0.778 bits per heavy atom. The first-order valence-corrected chi connectivity index (χ1v) is 41.8. The van der Waals surface area contributed by atoms with Gasteiger partial charge < -0.3 is 141 Å². The zero-order valence-corrected chi connectivity index (χ0v) is 70.6. The van der Waals surface area contributed by atoms with Crippen molar-refractivity contribution in [1.29, 1.82) is 0 Å². The van der Waals surface area contributed by atoms with Gasteiger partial charge in [0.25, 0.3) is 0 Å². The van der Waals surface area contributed by atoms with E-state index in [-0.39, 0.29) is 33.0 Å². The summed E-state index contributed by atoms with van der Waals surface area (Å²) >= 11 is 0. The van der Waals surface area contributed by atoms with Crippen molar-refractivity contribution in [2.45, 2.75) is 184 Å². The summed E-state index contributed by atoms with van der Waals surface area (Å²) in [6.07, 6.45) is -32.1. The maximum atomic E-state index is 7.67. The fourth-order valence-corrected chi connectivity index (χ4v) is 21.2. The number of hydrogen-bond donors (Lipinski definition) is 0. The lowest BCUT2D eigenvalue weighted by Crippen LogP contribution is -2.70. The number of fused-ring (bicyclic) bond motifs is 7. The van der Waals surface area contributed by atoms with Crippen LogP contribution in [0.25, 0.3) is 43.5 Å². The van der Waals surface area contributed by atoms with Gasteiger partial charge in [0.05, 0.1) is 39.1 Å². The van der Waals surface area contributed by atoms with Gasteiger partial charge in [0.15, 0.2) is 37.7 Å². The number of methoxy groups -OCH3 is 16. The topological polar surface area (TPSA) is 294 Å². The van der Waals surface area contributed by atoms with Crippen molar-refractivity contribution in [3.8, 4) is 0 Å². The molecule has 22 fully saturated rings. The van der Waals surface area contributed by atoms with Crippen molar-refractivity contribution in [3.05, 3.63) is 133 Å². The average molecular weight is 1680 g/mol. The maximum absolute atomic E-state index is 7.67. The zero-order valence-electron chi connectivity index (χ0n) is 68.8. The van der Waals surface area contributed by atoms with E-state index in [9.17, 15) is 0 Å². The van der Waals surface area contributed by atoms with E-state index < -0.39 is 200 Å². The molecule has 22 aliphatic rings. The lowest BCUT2D eigenvalue weighted by Gasteiger charge is -2.53. The van der Waals surface area contributed by atoms with Crippen molar-refractivity contribution in [1.82, 2.24) is 0 Å². The standard InChI is InChI=1S/C84H112O31P2/c1-85-39-53-61-67(89-5)74(96-12)80(103-53)110-63-55(41-87-3)105-82(76(98-14)69(63)91-7)112-65-57(43-101-117-114-51-37-35-45-27-23-25-33-49(45)59(51)60-50-34-26-24-28-46(50)36-38-52(60)115-117)106-83(77(99-15)71(65)93-9)113-66-58(44-116(47-29-19-17-20-30-47)48-31-21-18-22-32-48)107-84(78(100-16)72(66)94-10)111-64-56(42-88-4)104-81(75(97-13)70(64)92-8)109-62-54(40-86-2)102-79(108-61)73(95-11)68(62)90-6/h17-38,53-58,61-84H,39-44H2,1-16H3/t53-,54-,55-,56-,57-,58-,61-,62-,63-,64-,65-,66-,67+,68+,69+,70+,71+,72+,73-,74-,75-,76-,77-,78-,79-,80-,81-,82-,83-,84-/m1/s1. The highest BCUT2D eigenvalue weighted by Crippen LogP contribution is 2.47. The van der Waals surface area contributed by atoms with E-state index in [0.717, 1.165) is 42.9 Å². The minimum absolute atomic E-state index is 0.0313. The van der Waals surface area contributed by atoms with E-state index in [1.165, 1.54) is 64.0 Å². The predicted molar refractivity (Wildman–Crippen MR) is 425 cm³/mol. The normalized spacial score (nSPS) is 36.5. The Labute approximate surface area is 683 Å². The Morgan fingerprint density at radius 2 is 0.504 bits per heavy atom. The number of rotatable bonds is 27. The maximum Gasteiger partial charge on any atom is 0.387 e. The minimum atomic E-state index is -2.33. The Balaban J connectivity index is 0.916. The van der Waals surface area contributed by atoms with E-state index >= 15 is 0 Å². The number of hydrogen-bond acceptors (Lipinski definition) is 31. The van der Waals surface area contributed by atoms with Crippen LogP contribution in [0.15, 0.2) is 142 Å². The highest BCUT2D eigenvalue weighted by Gasteiger charge is 2.62. The molecule has 1 aromatic heterocycles. The molecule has 31 nitrogen and oxygen atoms in total. The highest BCUT2D eigenvalue weighted by molar-refractivity contribution is 7.73. The number of ether oxygens (including phenoxy) is 28. The van der Waals surface area contributed by atoms with Gasteiger partial charge in [0, 0.05) is 131 Å². The summed E-state index contributed by atoms with van der Waals surface area (Å²) in [6.45, 7) is -0.480. The molecule has 7 aromatic rings. The Bertz CT molecular complexity index is 4120. The third-order valence-corrected chi connectivity index (χ3v) is 26.7. The number of benzene rings is 6. The molecule has 6 aromatic carbocycles. The summed E-state index contributed by atoms with van der Waals surface area (Å²) in [5, 5.41) is 7.72. The highest BCUT2D eigenvalue weighted by atomic mass is 31.1. The SMILES string of the molecule is COC[C@H]1O[C@@H]2O[C@H]3[C@H](OC)[C@@H](OC)[C@@H](O[C@H]4[C@H](OC)[C@@H](OC)[C@@H](O[C@H]5[C@H](OC)[C@@H](OC)[C@@H](O[C@H]6[C@H](OC)[C@@H](OC)[C@@H](O[C@H]7[C@H](OC)[C@@H](OC)[C@@H](O[C@H]1[C@H](OC)[C@H]2OC)O[C@@H]7COC)O[C@@H]6COC)O[C@@H]5CP(c1ccccc1)c1ccccc1)O[C@@H]4COp1oc2ccc4ccccc4c2c2c(ccc4ccccc42)o1)O[C@@H]3COC. The Morgan fingerprint density at radius 1 is 0.256 bits per heavy atom. The second kappa shape index (κ2) is 41.5. The average Bonchev–Trinajstić information content (AvgIpc) is 1.71. The molecule has 23 heterocycles. The molecule has 644 valence electrons. The van der Waals surface area contributed by atoms with Gasteiger partial charge in [-0.3, -0.25) is 4.52 Å². The van der Waals surface area contributed by atoms with Gasteiger partial charge in [-0.15, -0.1) is 0 Å². The molecule has 0 spiro atoms. The van der Waals surface area contributed by atoms with Crippen LogP contribution in [-0.2, 0) is 133 Å². The van der Waals surface area contributed by atoms with E-state index in [0.29, 0.717) is 17.3 Å². The molecular formula is C84H112O31P2. The van der Waals surface area contributed by atoms with Crippen LogP contribution >= 0.6 is 16.2 Å². The molecule has 0 radical (unpaired) electrons. The van der Waals surface area contributed by atoms with Crippen LogP contribution in [0.3, 0.4) is 0 Å². The van der Waals surface area contributed by atoms with Crippen LogP contribution in [0.4, 0.5) is 0 Å². The van der Waals surface area contributed by atoms with E-state index in [1.807, 2.05) is 84.9 Å². The van der Waals surface area contributed by atoms with Crippen molar-refractivity contribution < 1.29 is 146 Å². The molecule has 0 saturated carbocycles. The molecule has 33 heteroatoms. The van der Waals surface area contributed by atoms with Crippen LogP contribution in [0.2, 0.25) is 0 Å². The van der Waals surface area contributed by atoms with Crippen LogP contribution in [0.5, 0.6) is 0 Å². The van der Waals surface area contributed by atoms with Gasteiger partial charge in [0.2, 0.25) is 0 Å². The molecule has 117 heavy (non-hydrogen) atoms. The third-order valence-electron chi connectivity index (χ3n) is 23.1. The Hall–Kier alpha value is -4.99.